The van der Waals surface area contributed by atoms with Crippen LogP contribution in [0.2, 0.25) is 5.02 Å². The lowest BCUT2D eigenvalue weighted by Gasteiger charge is -2.29. The molecule has 1 unspecified atom stereocenters. The number of halogens is 1. The molecule has 10 nitrogen and oxygen atoms in total. The number of amides is 1. The van der Waals surface area contributed by atoms with Gasteiger partial charge >= 0.3 is 0 Å². The van der Waals surface area contributed by atoms with Crippen molar-refractivity contribution in [1.82, 2.24) is 15.2 Å². The van der Waals surface area contributed by atoms with Crippen molar-refractivity contribution >= 4 is 17.5 Å². The van der Waals surface area contributed by atoms with Gasteiger partial charge in [-0.05, 0) is 91.1 Å². The maximum Gasteiger partial charge on any atom is 0.226 e. The molecular weight excluding hydrogens is 646 g/mol. The predicted molar refractivity (Wildman–Crippen MR) is 188 cm³/mol. The van der Waals surface area contributed by atoms with Crippen molar-refractivity contribution in [2.75, 3.05) is 13.2 Å². The van der Waals surface area contributed by atoms with Crippen LogP contribution in [0.5, 0.6) is 5.75 Å². The van der Waals surface area contributed by atoms with Crippen molar-refractivity contribution in [2.24, 2.45) is 0 Å². The van der Waals surface area contributed by atoms with Gasteiger partial charge in [0.05, 0.1) is 19.3 Å². The van der Waals surface area contributed by atoms with Gasteiger partial charge in [-0.3, -0.25) is 9.78 Å². The average molecular weight is 694 g/mol. The maximum atomic E-state index is 12.9. The highest BCUT2D eigenvalue weighted by atomic mass is 35.5. The number of rotatable bonds is 19. The largest absolute Gasteiger partial charge is 0.490 e. The Morgan fingerprint density at radius 1 is 1.10 bits per heavy atom. The average Bonchev–Trinajstić information content (AvgIpc) is 4.07. The first-order valence-electron chi connectivity index (χ1n) is 17.1. The smallest absolute Gasteiger partial charge is 0.226 e. The molecule has 5 atom stereocenters. The van der Waals surface area contributed by atoms with E-state index >= 15 is 0 Å². The van der Waals surface area contributed by atoms with Crippen molar-refractivity contribution in [3.8, 4) is 16.9 Å². The second kappa shape index (κ2) is 16.6. The van der Waals surface area contributed by atoms with Crippen molar-refractivity contribution in [2.45, 2.75) is 100 Å². The van der Waals surface area contributed by atoms with Gasteiger partial charge < -0.3 is 40.5 Å². The summed E-state index contributed by atoms with van der Waals surface area (Å²) in [6, 6.07) is 16.3. The fourth-order valence-electron chi connectivity index (χ4n) is 6.16. The van der Waals surface area contributed by atoms with Crippen LogP contribution in [0.1, 0.15) is 74.5 Å². The quantitative estimate of drug-likeness (QED) is 0.107. The first-order chi connectivity index (χ1) is 23.6. The Hall–Kier alpha value is -3.35. The molecule has 2 aromatic carbocycles. The fraction of sp³-hybridized carbons (Fsp3) is 0.474. The third kappa shape index (κ3) is 9.26. The lowest BCUT2D eigenvalue weighted by Crippen LogP contribution is -2.49. The van der Waals surface area contributed by atoms with E-state index in [1.807, 2.05) is 42.7 Å². The van der Waals surface area contributed by atoms with Crippen LogP contribution in [0.4, 0.5) is 0 Å². The number of nitrogens with one attached hydrogen (secondary N) is 1. The van der Waals surface area contributed by atoms with Crippen LogP contribution in [0.15, 0.2) is 73.7 Å². The molecule has 2 saturated carbocycles. The molecule has 3 aromatic rings. The number of nitrogens with zero attached hydrogens (tertiary/aromatic N) is 2. The lowest BCUT2D eigenvalue weighted by atomic mass is 9.93. The summed E-state index contributed by atoms with van der Waals surface area (Å²) in [5, 5.41) is 53.3. The Morgan fingerprint density at radius 3 is 2.53 bits per heavy atom. The Morgan fingerprint density at radius 2 is 1.84 bits per heavy atom. The van der Waals surface area contributed by atoms with Crippen LogP contribution in [-0.2, 0) is 16.9 Å². The summed E-state index contributed by atoms with van der Waals surface area (Å²) < 4.78 is 6.25. The number of pyridine rings is 1. The number of hydrogen-bond acceptors (Lipinski definition) is 9. The van der Waals surface area contributed by atoms with E-state index in [1.165, 1.54) is 11.1 Å². The minimum Gasteiger partial charge on any atom is -0.490 e. The topological polar surface area (TPSA) is 156 Å². The summed E-state index contributed by atoms with van der Waals surface area (Å²) in [5.41, 5.74) is 5.25. The number of aliphatic hydroxyl groups excluding tert-OH is 5. The molecule has 6 N–H and O–H groups in total. The summed E-state index contributed by atoms with van der Waals surface area (Å²) in [6.45, 7) is 5.22. The van der Waals surface area contributed by atoms with Crippen LogP contribution >= 0.6 is 11.6 Å². The van der Waals surface area contributed by atoms with Crippen LogP contribution in [-0.4, -0.2) is 85.0 Å². The molecule has 0 spiro atoms. The minimum atomic E-state index is -1.76. The highest BCUT2D eigenvalue weighted by Gasteiger charge is 2.46. The number of carbonyl (C=O) groups is 1. The van der Waals surface area contributed by atoms with Crippen LogP contribution in [0.3, 0.4) is 0 Å². The number of hydrogen-bond donors (Lipinski definition) is 6. The molecule has 5 rings (SSSR count). The van der Waals surface area contributed by atoms with Gasteiger partial charge in [0, 0.05) is 41.5 Å². The summed E-state index contributed by atoms with van der Waals surface area (Å²) in [5.74, 6) is 0.757. The Bertz CT molecular complexity index is 1580. The molecule has 2 aliphatic carbocycles. The molecule has 264 valence electrons. The molecule has 0 saturated heterocycles. The minimum absolute atomic E-state index is 0.145. The molecule has 1 aromatic heterocycles. The summed E-state index contributed by atoms with van der Waals surface area (Å²) in [7, 11) is 0. The predicted octanol–water partition coefficient (Wildman–Crippen LogP) is 4.40. The molecule has 2 aliphatic rings. The summed E-state index contributed by atoms with van der Waals surface area (Å²) in [6.07, 6.45) is 4.32. The van der Waals surface area contributed by atoms with Crippen LogP contribution in [0.25, 0.3) is 11.1 Å². The van der Waals surface area contributed by atoms with Crippen LogP contribution < -0.4 is 10.1 Å². The number of benzene rings is 2. The van der Waals surface area contributed by atoms with Gasteiger partial charge in [0.15, 0.2) is 0 Å². The number of aliphatic hydroxyl groups is 5. The zero-order chi connectivity index (χ0) is 35.1. The van der Waals surface area contributed by atoms with Gasteiger partial charge in [-0.15, -0.1) is 0 Å². The first-order valence-corrected chi connectivity index (χ1v) is 17.4. The summed E-state index contributed by atoms with van der Waals surface area (Å²) >= 11 is 6.70. The van der Waals surface area contributed by atoms with E-state index in [0.717, 1.165) is 65.7 Å². The van der Waals surface area contributed by atoms with E-state index in [4.69, 9.17) is 21.4 Å². The van der Waals surface area contributed by atoms with E-state index < -0.39 is 31.0 Å². The molecule has 0 aliphatic heterocycles. The second-order valence-corrected chi connectivity index (χ2v) is 13.7. The van der Waals surface area contributed by atoms with Crippen molar-refractivity contribution in [3.05, 3.63) is 95.4 Å². The normalized spacial score (nSPS) is 18.2. The molecule has 2 fully saturated rings. The monoisotopic (exact) mass is 693 g/mol. The number of para-hydroxylation sites is 1. The highest BCUT2D eigenvalue weighted by molar-refractivity contribution is 6.31. The third-order valence-electron chi connectivity index (χ3n) is 9.62. The van der Waals surface area contributed by atoms with Crippen LogP contribution in [0, 0.1) is 0 Å². The standard InChI is InChI=1S/C38H48ClN3O7/c1-3-42(22-32(44)36(47)37(48)33(45)23-43)35(46)10-6-7-24(2)25-11-14-31(39)26(19-25)20-41-38(16-17-38)30-21-40-18-15-28(30)29-8-4-5-9-34(29)49-27-12-13-27/h3-5,8-9,11,14-15,18-19,21,24,27,32-33,36-37,41,43-45,47-48H,1,6-7,10,12-13,16-17,20,22-23H2,2H3/t24?,32-,33+,36+,37+/m0/s1. The Labute approximate surface area is 293 Å². The summed E-state index contributed by atoms with van der Waals surface area (Å²) in [4.78, 5) is 18.5. The van der Waals surface area contributed by atoms with Gasteiger partial charge in [-0.2, -0.15) is 0 Å². The first kappa shape index (κ1) is 36.9. The van der Waals surface area contributed by atoms with Crippen molar-refractivity contribution in [3.63, 3.8) is 0 Å². The van der Waals surface area contributed by atoms with Gasteiger partial charge in [-0.25, -0.2) is 0 Å². The van der Waals surface area contributed by atoms with Gasteiger partial charge in [0.25, 0.3) is 0 Å². The zero-order valence-electron chi connectivity index (χ0n) is 27.9. The molecular formula is C38H48ClN3O7. The van der Waals surface area contributed by atoms with E-state index in [0.29, 0.717) is 24.1 Å². The third-order valence-corrected chi connectivity index (χ3v) is 9.98. The van der Waals surface area contributed by atoms with E-state index in [9.17, 15) is 25.2 Å². The molecule has 1 heterocycles. The number of ether oxygens (including phenoxy) is 1. The maximum absolute atomic E-state index is 12.9. The molecule has 49 heavy (non-hydrogen) atoms. The Balaban J connectivity index is 1.17. The number of aromatic nitrogens is 1. The van der Waals surface area contributed by atoms with E-state index in [2.05, 4.69) is 42.0 Å². The van der Waals surface area contributed by atoms with Crippen molar-refractivity contribution < 1.29 is 35.1 Å². The van der Waals surface area contributed by atoms with Gasteiger partial charge in [0.1, 0.15) is 30.2 Å². The van der Waals surface area contributed by atoms with Gasteiger partial charge in [0.2, 0.25) is 5.91 Å². The van der Waals surface area contributed by atoms with E-state index in [1.54, 1.807) is 0 Å². The molecule has 1 amide bonds. The zero-order valence-corrected chi connectivity index (χ0v) is 28.7. The fourth-order valence-corrected chi connectivity index (χ4v) is 6.34. The Kier molecular flexibility index (Phi) is 12.5. The molecule has 0 radical (unpaired) electrons. The van der Waals surface area contributed by atoms with E-state index in [-0.39, 0.29) is 30.3 Å². The molecule has 0 bridgehead atoms. The van der Waals surface area contributed by atoms with Crippen molar-refractivity contribution in [1.29, 1.82) is 0 Å². The van der Waals surface area contributed by atoms with Gasteiger partial charge in [-0.1, -0.05) is 55.4 Å². The SMILES string of the molecule is C=CN(C[C@H](O)[C@@H](O)[C@H](O)[C@H](O)CO)C(=O)CCCC(C)c1ccc(Cl)c(CNC2(c3cnccc3-c3ccccc3OC3CC3)CC2)c1. The second-order valence-electron chi connectivity index (χ2n) is 13.3. The number of carbonyl (C=O) groups excluding carboxylic acids is 1. The highest BCUT2D eigenvalue weighted by Crippen LogP contribution is 2.50. The molecule has 11 heteroatoms. The lowest BCUT2D eigenvalue weighted by molar-refractivity contribution is -0.136.